The standard InChI is InChI=1S/C15H20N2O7S/c1-10(2)17(25(3,20)21)14(18)16-15(19)23-9-11-8-22-12-6-4-5-7-13(12)24-11/h4-7,10-11H,8-9H2,1-3H3,(H,16,18,19). The third-order valence-corrected chi connectivity index (χ3v) is 4.51. The third kappa shape index (κ3) is 4.99. The molecule has 3 amide bonds. The van der Waals surface area contributed by atoms with E-state index in [2.05, 4.69) is 0 Å². The molecule has 1 unspecified atom stereocenters. The zero-order chi connectivity index (χ0) is 18.6. The molecule has 1 heterocycles. The zero-order valence-corrected chi connectivity index (χ0v) is 14.9. The molecule has 0 saturated heterocycles. The number of amides is 3. The Kier molecular flexibility index (Phi) is 5.73. The number of rotatable bonds is 4. The van der Waals surface area contributed by atoms with Gasteiger partial charge in [-0.2, -0.15) is 0 Å². The second-order valence-corrected chi connectivity index (χ2v) is 7.54. The first-order valence-electron chi connectivity index (χ1n) is 7.54. The number of imide groups is 1. The lowest BCUT2D eigenvalue weighted by Gasteiger charge is -2.26. The molecule has 0 spiro atoms. The van der Waals surface area contributed by atoms with Gasteiger partial charge in [-0.05, 0) is 26.0 Å². The second-order valence-electron chi connectivity index (χ2n) is 5.68. The molecule has 1 aromatic carbocycles. The van der Waals surface area contributed by atoms with Crippen LogP contribution in [0.1, 0.15) is 13.8 Å². The lowest BCUT2D eigenvalue weighted by atomic mass is 10.3. The van der Waals surface area contributed by atoms with Gasteiger partial charge in [-0.1, -0.05) is 12.1 Å². The number of nitrogens with zero attached hydrogens (tertiary/aromatic N) is 1. The Morgan fingerprint density at radius 2 is 1.96 bits per heavy atom. The van der Waals surface area contributed by atoms with Crippen molar-refractivity contribution in [1.82, 2.24) is 9.62 Å². The number of fused-ring (bicyclic) bond motifs is 1. The third-order valence-electron chi connectivity index (χ3n) is 3.20. The lowest BCUT2D eigenvalue weighted by Crippen LogP contribution is -2.49. The molecule has 1 N–H and O–H groups in total. The molecule has 1 aliphatic heterocycles. The molecule has 1 aromatic rings. The van der Waals surface area contributed by atoms with Crippen molar-refractivity contribution in [2.75, 3.05) is 19.5 Å². The Bertz CT molecular complexity index is 748. The number of carbonyl (C=O) groups excluding carboxylic acids is 2. The molecule has 0 aromatic heterocycles. The first-order chi connectivity index (χ1) is 11.7. The Labute approximate surface area is 145 Å². The lowest BCUT2D eigenvalue weighted by molar-refractivity contribution is 0.0340. The van der Waals surface area contributed by atoms with Gasteiger partial charge in [-0.15, -0.1) is 0 Å². The van der Waals surface area contributed by atoms with Crippen molar-refractivity contribution < 1.29 is 32.2 Å². The van der Waals surface area contributed by atoms with Crippen molar-refractivity contribution in [2.24, 2.45) is 0 Å². The number of para-hydroxylation sites is 2. The Morgan fingerprint density at radius 1 is 1.32 bits per heavy atom. The molecule has 2 rings (SSSR count). The Hall–Kier alpha value is -2.49. The van der Waals surface area contributed by atoms with Crippen LogP contribution in [0.3, 0.4) is 0 Å². The maximum absolute atomic E-state index is 11.9. The van der Waals surface area contributed by atoms with Crippen molar-refractivity contribution in [2.45, 2.75) is 26.0 Å². The predicted molar refractivity (Wildman–Crippen MR) is 88.1 cm³/mol. The molecule has 0 fully saturated rings. The number of hydrogen-bond acceptors (Lipinski definition) is 7. The van der Waals surface area contributed by atoms with Gasteiger partial charge in [0.25, 0.3) is 0 Å². The molecular formula is C15H20N2O7S. The van der Waals surface area contributed by atoms with Crippen LogP contribution >= 0.6 is 0 Å². The molecule has 138 valence electrons. The highest BCUT2D eigenvalue weighted by atomic mass is 32.2. The fourth-order valence-electron chi connectivity index (χ4n) is 2.26. The number of carbonyl (C=O) groups is 2. The molecule has 25 heavy (non-hydrogen) atoms. The summed E-state index contributed by atoms with van der Waals surface area (Å²) in [6.45, 7) is 3.04. The van der Waals surface area contributed by atoms with E-state index in [4.69, 9.17) is 14.2 Å². The van der Waals surface area contributed by atoms with E-state index < -0.39 is 34.3 Å². The van der Waals surface area contributed by atoms with Crippen LogP contribution in [0, 0.1) is 0 Å². The average Bonchev–Trinajstić information content (AvgIpc) is 2.50. The number of nitrogens with one attached hydrogen (secondary N) is 1. The maximum atomic E-state index is 11.9. The molecule has 10 heteroatoms. The smallest absolute Gasteiger partial charge is 0.415 e. The summed E-state index contributed by atoms with van der Waals surface area (Å²) in [5.74, 6) is 1.13. The molecule has 0 radical (unpaired) electrons. The quantitative estimate of drug-likeness (QED) is 0.849. The molecular weight excluding hydrogens is 352 g/mol. The highest BCUT2D eigenvalue weighted by Gasteiger charge is 2.28. The summed E-state index contributed by atoms with van der Waals surface area (Å²) in [4.78, 5) is 23.7. The minimum absolute atomic E-state index is 0.159. The molecule has 1 atom stereocenters. The minimum atomic E-state index is -3.81. The van der Waals surface area contributed by atoms with E-state index in [0.717, 1.165) is 6.26 Å². The van der Waals surface area contributed by atoms with Gasteiger partial charge >= 0.3 is 12.1 Å². The van der Waals surface area contributed by atoms with Crippen LogP contribution in [0.4, 0.5) is 9.59 Å². The van der Waals surface area contributed by atoms with Crippen molar-refractivity contribution in [3.05, 3.63) is 24.3 Å². The number of benzene rings is 1. The van der Waals surface area contributed by atoms with Gasteiger partial charge in [-0.3, -0.25) is 0 Å². The molecule has 0 saturated carbocycles. The summed E-state index contributed by atoms with van der Waals surface area (Å²) in [7, 11) is -3.81. The van der Waals surface area contributed by atoms with Gasteiger partial charge in [0.15, 0.2) is 17.6 Å². The summed E-state index contributed by atoms with van der Waals surface area (Å²) in [5, 5.41) is 1.88. The van der Waals surface area contributed by atoms with Crippen molar-refractivity contribution in [1.29, 1.82) is 0 Å². The first kappa shape index (κ1) is 18.8. The summed E-state index contributed by atoms with van der Waals surface area (Å²) in [6.07, 6.45) is -0.726. The highest BCUT2D eigenvalue weighted by Crippen LogP contribution is 2.30. The van der Waals surface area contributed by atoms with Crippen LogP contribution < -0.4 is 14.8 Å². The van der Waals surface area contributed by atoms with Crippen LogP contribution in [0.5, 0.6) is 11.5 Å². The van der Waals surface area contributed by atoms with Gasteiger partial charge in [0.05, 0.1) is 6.26 Å². The van der Waals surface area contributed by atoms with Crippen LogP contribution in [0.2, 0.25) is 0 Å². The minimum Gasteiger partial charge on any atom is -0.486 e. The van der Waals surface area contributed by atoms with Crippen molar-refractivity contribution in [3.63, 3.8) is 0 Å². The predicted octanol–water partition coefficient (Wildman–Crippen LogP) is 1.34. The fourth-order valence-corrected chi connectivity index (χ4v) is 3.37. The van der Waals surface area contributed by atoms with Gasteiger partial charge in [0.1, 0.15) is 13.2 Å². The molecule has 0 aliphatic carbocycles. The SMILES string of the molecule is CC(C)N(C(=O)NC(=O)OCC1COc2ccccc2O1)S(C)(=O)=O. The number of alkyl carbamates (subject to hydrolysis) is 1. The van der Waals surface area contributed by atoms with E-state index in [0.29, 0.717) is 15.8 Å². The largest absolute Gasteiger partial charge is 0.486 e. The highest BCUT2D eigenvalue weighted by molar-refractivity contribution is 7.88. The van der Waals surface area contributed by atoms with E-state index in [1.54, 1.807) is 24.3 Å². The molecule has 9 nitrogen and oxygen atoms in total. The van der Waals surface area contributed by atoms with Gasteiger partial charge in [-0.25, -0.2) is 27.6 Å². The van der Waals surface area contributed by atoms with E-state index in [9.17, 15) is 18.0 Å². The zero-order valence-electron chi connectivity index (χ0n) is 14.1. The maximum Gasteiger partial charge on any atom is 0.415 e. The molecule has 0 bridgehead atoms. The summed E-state index contributed by atoms with van der Waals surface area (Å²) in [5.41, 5.74) is 0. The van der Waals surface area contributed by atoms with E-state index >= 15 is 0 Å². The monoisotopic (exact) mass is 372 g/mol. The topological polar surface area (TPSA) is 111 Å². The number of hydrogen-bond donors (Lipinski definition) is 1. The van der Waals surface area contributed by atoms with E-state index in [1.807, 2.05) is 5.32 Å². The van der Waals surface area contributed by atoms with Crippen LogP contribution in [0.15, 0.2) is 24.3 Å². The van der Waals surface area contributed by atoms with Crippen LogP contribution in [-0.4, -0.2) is 56.5 Å². The van der Waals surface area contributed by atoms with Gasteiger partial charge < -0.3 is 14.2 Å². The average molecular weight is 372 g/mol. The number of sulfonamides is 1. The second kappa shape index (κ2) is 7.60. The van der Waals surface area contributed by atoms with E-state index in [-0.39, 0.29) is 13.2 Å². The molecule has 1 aliphatic rings. The fraction of sp³-hybridized carbons (Fsp3) is 0.467. The summed E-state index contributed by atoms with van der Waals surface area (Å²) >= 11 is 0. The van der Waals surface area contributed by atoms with Gasteiger partial charge in [0, 0.05) is 6.04 Å². The van der Waals surface area contributed by atoms with E-state index in [1.165, 1.54) is 13.8 Å². The number of urea groups is 1. The Morgan fingerprint density at radius 3 is 2.56 bits per heavy atom. The van der Waals surface area contributed by atoms with Crippen molar-refractivity contribution >= 4 is 22.1 Å². The summed E-state index contributed by atoms with van der Waals surface area (Å²) < 4.78 is 39.7. The van der Waals surface area contributed by atoms with Crippen LogP contribution in [-0.2, 0) is 14.8 Å². The number of ether oxygens (including phenoxy) is 3. The Balaban J connectivity index is 1.86. The summed E-state index contributed by atoms with van der Waals surface area (Å²) in [6, 6.07) is 5.34. The van der Waals surface area contributed by atoms with Crippen molar-refractivity contribution in [3.8, 4) is 11.5 Å². The van der Waals surface area contributed by atoms with Crippen LogP contribution in [0.25, 0.3) is 0 Å². The normalized spacial score (nSPS) is 16.2. The van der Waals surface area contributed by atoms with Gasteiger partial charge in [0.2, 0.25) is 10.0 Å². The first-order valence-corrected chi connectivity index (χ1v) is 9.39.